The summed E-state index contributed by atoms with van der Waals surface area (Å²) in [6.45, 7) is 3.07. The Hall–Kier alpha value is -1.16. The fourth-order valence-electron chi connectivity index (χ4n) is 2.05. The fraction of sp³-hybridized carbons (Fsp3) is 0.636. The van der Waals surface area contributed by atoms with Crippen LogP contribution in [-0.4, -0.2) is 29.8 Å². The summed E-state index contributed by atoms with van der Waals surface area (Å²) >= 11 is 0. The zero-order valence-corrected chi connectivity index (χ0v) is 9.35. The largest absolute Gasteiger partial charge is 0.358 e. The van der Waals surface area contributed by atoms with E-state index in [1.807, 2.05) is 6.92 Å². The van der Waals surface area contributed by atoms with Crippen molar-refractivity contribution in [3.63, 3.8) is 0 Å². The van der Waals surface area contributed by atoms with Gasteiger partial charge in [-0.05, 0) is 37.3 Å². The van der Waals surface area contributed by atoms with Gasteiger partial charge in [-0.3, -0.25) is 0 Å². The molecular formula is C11H18N4. The summed E-state index contributed by atoms with van der Waals surface area (Å²) in [5, 5.41) is 8.07. The maximum atomic E-state index is 5.76. The van der Waals surface area contributed by atoms with Crippen molar-refractivity contribution in [1.29, 1.82) is 0 Å². The van der Waals surface area contributed by atoms with E-state index in [-0.39, 0.29) is 0 Å². The Kier molecular flexibility index (Phi) is 2.86. The van der Waals surface area contributed by atoms with Crippen molar-refractivity contribution in [3.8, 4) is 0 Å². The lowest BCUT2D eigenvalue weighted by molar-refractivity contribution is 0.270. The number of aryl methyl sites for hydroxylation is 1. The number of aromatic nitrogens is 2. The molecule has 15 heavy (non-hydrogen) atoms. The zero-order chi connectivity index (χ0) is 10.8. The van der Waals surface area contributed by atoms with E-state index in [9.17, 15) is 0 Å². The summed E-state index contributed by atoms with van der Waals surface area (Å²) in [7, 11) is 2.06. The van der Waals surface area contributed by atoms with E-state index in [1.54, 1.807) is 6.20 Å². The highest BCUT2D eigenvalue weighted by atomic mass is 15.2. The number of anilines is 1. The minimum atomic E-state index is 0.423. The molecule has 0 unspecified atom stereocenters. The van der Waals surface area contributed by atoms with E-state index in [2.05, 4.69) is 28.2 Å². The Morgan fingerprint density at radius 3 is 2.87 bits per heavy atom. The van der Waals surface area contributed by atoms with Gasteiger partial charge in [-0.15, -0.1) is 5.10 Å². The lowest BCUT2D eigenvalue weighted by Gasteiger charge is -2.35. The third-order valence-electron chi connectivity index (χ3n) is 2.97. The number of rotatable bonds is 3. The first-order valence-corrected chi connectivity index (χ1v) is 5.41. The van der Waals surface area contributed by atoms with Gasteiger partial charge in [0, 0.05) is 19.6 Å². The van der Waals surface area contributed by atoms with Crippen LogP contribution >= 0.6 is 0 Å². The molecule has 4 heteroatoms. The highest BCUT2D eigenvalue weighted by molar-refractivity contribution is 5.38. The van der Waals surface area contributed by atoms with Gasteiger partial charge in [-0.25, -0.2) is 0 Å². The maximum Gasteiger partial charge on any atom is 0.151 e. The summed E-state index contributed by atoms with van der Waals surface area (Å²) < 4.78 is 0. The van der Waals surface area contributed by atoms with Gasteiger partial charge in [0.25, 0.3) is 0 Å². The molecule has 4 nitrogen and oxygen atoms in total. The van der Waals surface area contributed by atoms with Crippen LogP contribution in [0.2, 0.25) is 0 Å². The molecule has 1 aromatic rings. The zero-order valence-electron chi connectivity index (χ0n) is 9.35. The molecule has 1 aliphatic rings. The van der Waals surface area contributed by atoms with Crippen LogP contribution in [0.25, 0.3) is 0 Å². The molecule has 0 saturated heterocycles. The number of hydrogen-bond donors (Lipinski definition) is 1. The molecule has 82 valence electrons. The van der Waals surface area contributed by atoms with Gasteiger partial charge < -0.3 is 10.6 Å². The van der Waals surface area contributed by atoms with Crippen LogP contribution in [0.5, 0.6) is 0 Å². The molecule has 1 aliphatic carbocycles. The monoisotopic (exact) mass is 206 g/mol. The van der Waals surface area contributed by atoms with Gasteiger partial charge >= 0.3 is 0 Å². The molecule has 1 heterocycles. The molecule has 0 aliphatic heterocycles. The summed E-state index contributed by atoms with van der Waals surface area (Å²) in [6.07, 6.45) is 4.06. The van der Waals surface area contributed by atoms with E-state index >= 15 is 0 Å². The molecule has 0 radical (unpaired) electrons. The molecule has 0 atom stereocenters. The van der Waals surface area contributed by atoms with E-state index in [4.69, 9.17) is 5.73 Å². The van der Waals surface area contributed by atoms with E-state index in [0.29, 0.717) is 6.04 Å². The predicted molar refractivity (Wildman–Crippen MR) is 60.7 cm³/mol. The lowest BCUT2D eigenvalue weighted by Crippen LogP contribution is -2.42. The molecule has 0 spiro atoms. The van der Waals surface area contributed by atoms with Crippen LogP contribution < -0.4 is 10.6 Å². The number of nitrogens with two attached hydrogens (primary N) is 1. The highest BCUT2D eigenvalue weighted by Crippen LogP contribution is 2.27. The Bertz CT molecular complexity index is 333. The minimum absolute atomic E-state index is 0.423. The summed E-state index contributed by atoms with van der Waals surface area (Å²) in [5.74, 6) is 1.68. The first-order chi connectivity index (χ1) is 7.15. The molecule has 2 N–H and O–H groups in total. The van der Waals surface area contributed by atoms with Gasteiger partial charge in [0.1, 0.15) is 0 Å². The van der Waals surface area contributed by atoms with E-state index < -0.39 is 0 Å². The van der Waals surface area contributed by atoms with Gasteiger partial charge in [-0.1, -0.05) is 0 Å². The Balaban J connectivity index is 1.93. The van der Waals surface area contributed by atoms with E-state index in [0.717, 1.165) is 36.7 Å². The number of hydrogen-bond acceptors (Lipinski definition) is 4. The van der Waals surface area contributed by atoms with Crippen LogP contribution in [0.1, 0.15) is 18.4 Å². The predicted octanol–water partition coefficient (Wildman–Crippen LogP) is 0.959. The molecule has 0 aromatic carbocycles. The Morgan fingerprint density at radius 2 is 2.27 bits per heavy atom. The van der Waals surface area contributed by atoms with Crippen molar-refractivity contribution in [2.75, 3.05) is 18.5 Å². The third kappa shape index (κ3) is 2.45. The molecule has 2 rings (SSSR count). The number of nitrogens with zero attached hydrogens (tertiary/aromatic N) is 3. The topological polar surface area (TPSA) is 55.0 Å². The minimum Gasteiger partial charge on any atom is -0.358 e. The second-order valence-corrected chi connectivity index (χ2v) is 4.57. The molecule has 1 saturated carbocycles. The second kappa shape index (κ2) is 4.14. The van der Waals surface area contributed by atoms with Crippen molar-refractivity contribution in [1.82, 2.24) is 10.2 Å². The summed E-state index contributed by atoms with van der Waals surface area (Å²) in [5.41, 5.74) is 6.91. The van der Waals surface area contributed by atoms with Crippen molar-refractivity contribution < 1.29 is 0 Å². The summed E-state index contributed by atoms with van der Waals surface area (Å²) in [6, 6.07) is 2.48. The first-order valence-electron chi connectivity index (χ1n) is 5.41. The maximum absolute atomic E-state index is 5.76. The average molecular weight is 206 g/mol. The standard InChI is InChI=1S/C11H18N4/c1-8-3-11(14-13-6-8)15(2)7-9-4-10(12)5-9/h3,6,9-10H,4-5,7,12H2,1-2H3. The Labute approximate surface area is 90.5 Å². The molecular weight excluding hydrogens is 188 g/mol. The van der Waals surface area contributed by atoms with Crippen molar-refractivity contribution >= 4 is 5.82 Å². The highest BCUT2D eigenvalue weighted by Gasteiger charge is 2.27. The van der Waals surface area contributed by atoms with Crippen LogP contribution in [-0.2, 0) is 0 Å². The van der Waals surface area contributed by atoms with Crippen LogP contribution in [0.3, 0.4) is 0 Å². The first kappa shape index (κ1) is 10.4. The smallest absolute Gasteiger partial charge is 0.151 e. The lowest BCUT2D eigenvalue weighted by atomic mass is 9.80. The van der Waals surface area contributed by atoms with Crippen molar-refractivity contribution in [3.05, 3.63) is 17.8 Å². The molecule has 1 fully saturated rings. The van der Waals surface area contributed by atoms with Crippen molar-refractivity contribution in [2.45, 2.75) is 25.8 Å². The summed E-state index contributed by atoms with van der Waals surface area (Å²) in [4.78, 5) is 2.16. The second-order valence-electron chi connectivity index (χ2n) is 4.57. The Morgan fingerprint density at radius 1 is 1.53 bits per heavy atom. The third-order valence-corrected chi connectivity index (χ3v) is 2.97. The van der Waals surface area contributed by atoms with Crippen molar-refractivity contribution in [2.24, 2.45) is 11.7 Å². The van der Waals surface area contributed by atoms with Crippen LogP contribution in [0.15, 0.2) is 12.3 Å². The average Bonchev–Trinajstić information content (AvgIpc) is 2.15. The van der Waals surface area contributed by atoms with Gasteiger partial charge in [-0.2, -0.15) is 5.10 Å². The van der Waals surface area contributed by atoms with E-state index in [1.165, 1.54) is 0 Å². The normalized spacial score (nSPS) is 24.7. The molecule has 1 aromatic heterocycles. The van der Waals surface area contributed by atoms with Crippen LogP contribution in [0.4, 0.5) is 5.82 Å². The fourth-order valence-corrected chi connectivity index (χ4v) is 2.05. The van der Waals surface area contributed by atoms with Gasteiger partial charge in [0.2, 0.25) is 0 Å². The van der Waals surface area contributed by atoms with Gasteiger partial charge in [0.15, 0.2) is 5.82 Å². The SMILES string of the molecule is Cc1cnnc(N(C)CC2CC(N)C2)c1. The molecule has 0 bridgehead atoms. The quantitative estimate of drug-likeness (QED) is 0.800. The molecule has 0 amide bonds. The van der Waals surface area contributed by atoms with Gasteiger partial charge in [0.05, 0.1) is 6.20 Å². The van der Waals surface area contributed by atoms with Crippen LogP contribution in [0, 0.1) is 12.8 Å².